The third-order valence-corrected chi connectivity index (χ3v) is 1.57. The molecule has 0 unspecified atom stereocenters. The molecule has 3 N–H and O–H groups in total. The summed E-state index contributed by atoms with van der Waals surface area (Å²) < 4.78 is 25.8. The van der Waals surface area contributed by atoms with Crippen LogP contribution < -0.4 is 11.3 Å². The Bertz CT molecular complexity index is 336. The highest BCUT2D eigenvalue weighted by molar-refractivity contribution is 5.98. The zero-order chi connectivity index (χ0) is 9.84. The smallest absolute Gasteiger partial charge is 0.169 e. The molecule has 70 valence electrons. The maximum atomic E-state index is 13.1. The highest BCUT2D eigenvalue weighted by Crippen LogP contribution is 2.10. The summed E-state index contributed by atoms with van der Waals surface area (Å²) in [4.78, 5) is 3.65. The van der Waals surface area contributed by atoms with E-state index in [0.29, 0.717) is 0 Å². The van der Waals surface area contributed by atoms with Gasteiger partial charge in [0.25, 0.3) is 0 Å². The lowest BCUT2D eigenvalue weighted by Crippen LogP contribution is -2.31. The van der Waals surface area contributed by atoms with Gasteiger partial charge in [-0.15, -0.1) is 0 Å². The second-order valence-electron chi connectivity index (χ2n) is 2.32. The minimum absolute atomic E-state index is 0.0185. The number of nitrogens with zero attached hydrogens (tertiary/aromatic N) is 1. The number of hydrazine groups is 1. The summed E-state index contributed by atoms with van der Waals surface area (Å²) in [7, 11) is 1.43. The van der Waals surface area contributed by atoms with E-state index in [2.05, 4.69) is 10.4 Å². The molecule has 0 bridgehead atoms. The molecule has 5 heteroatoms. The summed E-state index contributed by atoms with van der Waals surface area (Å²) in [5, 5.41) is 0. The van der Waals surface area contributed by atoms with Crippen molar-refractivity contribution >= 4 is 5.84 Å². The van der Waals surface area contributed by atoms with Crippen LogP contribution in [0.3, 0.4) is 0 Å². The Morgan fingerprint density at radius 1 is 1.46 bits per heavy atom. The first kappa shape index (κ1) is 9.60. The molecule has 0 aliphatic carbocycles. The van der Waals surface area contributed by atoms with Crippen LogP contribution in [-0.2, 0) is 0 Å². The summed E-state index contributed by atoms with van der Waals surface area (Å²) in [6.45, 7) is 0. The normalized spacial score (nSPS) is 11.5. The molecule has 1 aromatic rings. The molecule has 0 heterocycles. The largest absolute Gasteiger partial charge is 0.308 e. The number of amidine groups is 1. The van der Waals surface area contributed by atoms with Gasteiger partial charge in [-0.05, 0) is 12.1 Å². The summed E-state index contributed by atoms with van der Waals surface area (Å²) >= 11 is 0. The summed E-state index contributed by atoms with van der Waals surface area (Å²) in [5.74, 6) is 3.29. The quantitative estimate of drug-likeness (QED) is 0.294. The van der Waals surface area contributed by atoms with Gasteiger partial charge in [-0.2, -0.15) is 0 Å². The van der Waals surface area contributed by atoms with E-state index < -0.39 is 11.6 Å². The van der Waals surface area contributed by atoms with Crippen molar-refractivity contribution in [1.82, 2.24) is 5.43 Å². The van der Waals surface area contributed by atoms with E-state index in [1.807, 2.05) is 0 Å². The highest BCUT2D eigenvalue weighted by Gasteiger charge is 2.11. The Kier molecular flexibility index (Phi) is 2.92. The van der Waals surface area contributed by atoms with E-state index in [0.717, 1.165) is 6.07 Å². The molecule has 0 amide bonds. The van der Waals surface area contributed by atoms with Gasteiger partial charge in [0.05, 0.1) is 5.56 Å². The summed E-state index contributed by atoms with van der Waals surface area (Å²) in [5.41, 5.74) is 2.20. The maximum absolute atomic E-state index is 13.1. The van der Waals surface area contributed by atoms with Crippen molar-refractivity contribution in [3.8, 4) is 0 Å². The molecule has 0 aromatic heterocycles. The second kappa shape index (κ2) is 3.95. The van der Waals surface area contributed by atoms with Gasteiger partial charge in [-0.25, -0.2) is 14.6 Å². The monoisotopic (exact) mass is 185 g/mol. The van der Waals surface area contributed by atoms with Crippen LogP contribution in [0.2, 0.25) is 0 Å². The topological polar surface area (TPSA) is 50.4 Å². The van der Waals surface area contributed by atoms with Crippen molar-refractivity contribution in [3.63, 3.8) is 0 Å². The molecule has 0 radical (unpaired) electrons. The molecule has 0 aliphatic rings. The Morgan fingerprint density at radius 2 is 2.15 bits per heavy atom. The number of halogens is 2. The van der Waals surface area contributed by atoms with Crippen molar-refractivity contribution in [2.24, 2.45) is 10.8 Å². The predicted molar refractivity (Wildman–Crippen MR) is 46.1 cm³/mol. The van der Waals surface area contributed by atoms with Crippen LogP contribution in [-0.4, -0.2) is 12.9 Å². The standard InChI is InChI=1S/C8H9F2N3/c1-12-8(13-11)5-3-2-4-6(9)7(5)10/h2-4H,11H2,1H3,(H,12,13). The van der Waals surface area contributed by atoms with Crippen LogP contribution in [0.4, 0.5) is 8.78 Å². The third-order valence-electron chi connectivity index (χ3n) is 1.57. The summed E-state index contributed by atoms with van der Waals surface area (Å²) in [6, 6.07) is 3.81. The number of rotatable bonds is 1. The molecule has 3 nitrogen and oxygen atoms in total. The van der Waals surface area contributed by atoms with E-state index in [4.69, 9.17) is 5.84 Å². The molecule has 0 saturated heterocycles. The molecule has 13 heavy (non-hydrogen) atoms. The van der Waals surface area contributed by atoms with E-state index in [1.54, 1.807) is 0 Å². The van der Waals surface area contributed by atoms with E-state index in [-0.39, 0.29) is 11.4 Å². The number of nitrogens with one attached hydrogen (secondary N) is 1. The lowest BCUT2D eigenvalue weighted by atomic mass is 10.2. The molecular weight excluding hydrogens is 176 g/mol. The molecule has 0 aliphatic heterocycles. The van der Waals surface area contributed by atoms with Gasteiger partial charge in [-0.1, -0.05) is 6.07 Å². The van der Waals surface area contributed by atoms with Crippen molar-refractivity contribution in [3.05, 3.63) is 35.4 Å². The fourth-order valence-electron chi connectivity index (χ4n) is 0.949. The Hall–Kier alpha value is -1.49. The van der Waals surface area contributed by atoms with Crippen LogP contribution in [0.5, 0.6) is 0 Å². The number of hydrogen-bond donors (Lipinski definition) is 2. The van der Waals surface area contributed by atoms with Crippen molar-refractivity contribution < 1.29 is 8.78 Å². The van der Waals surface area contributed by atoms with Gasteiger partial charge in [0.1, 0.15) is 5.84 Å². The summed E-state index contributed by atoms with van der Waals surface area (Å²) in [6.07, 6.45) is 0. The highest BCUT2D eigenvalue weighted by atomic mass is 19.2. The fraction of sp³-hybridized carbons (Fsp3) is 0.125. The van der Waals surface area contributed by atoms with Crippen LogP contribution in [0, 0.1) is 11.6 Å². The van der Waals surface area contributed by atoms with E-state index in [1.165, 1.54) is 19.2 Å². The van der Waals surface area contributed by atoms with Crippen LogP contribution in [0.1, 0.15) is 5.56 Å². The Labute approximate surface area is 74.2 Å². The van der Waals surface area contributed by atoms with Crippen molar-refractivity contribution in [2.45, 2.75) is 0 Å². The number of benzene rings is 1. The number of hydrogen-bond acceptors (Lipinski definition) is 2. The zero-order valence-corrected chi connectivity index (χ0v) is 7.01. The Morgan fingerprint density at radius 3 is 2.69 bits per heavy atom. The zero-order valence-electron chi connectivity index (χ0n) is 7.01. The fourth-order valence-corrected chi connectivity index (χ4v) is 0.949. The lowest BCUT2D eigenvalue weighted by Gasteiger charge is -2.05. The Balaban J connectivity index is 3.22. The van der Waals surface area contributed by atoms with Gasteiger partial charge in [-0.3, -0.25) is 4.99 Å². The second-order valence-corrected chi connectivity index (χ2v) is 2.32. The average molecular weight is 185 g/mol. The third kappa shape index (κ3) is 1.81. The van der Waals surface area contributed by atoms with Crippen LogP contribution >= 0.6 is 0 Å². The van der Waals surface area contributed by atoms with Gasteiger partial charge < -0.3 is 5.43 Å². The molecule has 0 spiro atoms. The van der Waals surface area contributed by atoms with Gasteiger partial charge >= 0.3 is 0 Å². The first-order chi connectivity index (χ1) is 6.20. The maximum Gasteiger partial charge on any atom is 0.169 e. The average Bonchev–Trinajstić information content (AvgIpc) is 2.14. The molecule has 1 rings (SSSR count). The molecule has 0 saturated carbocycles. The number of nitrogens with two attached hydrogens (primary N) is 1. The minimum Gasteiger partial charge on any atom is -0.308 e. The van der Waals surface area contributed by atoms with Crippen molar-refractivity contribution in [2.75, 3.05) is 7.05 Å². The van der Waals surface area contributed by atoms with Gasteiger partial charge in [0, 0.05) is 7.05 Å². The van der Waals surface area contributed by atoms with E-state index >= 15 is 0 Å². The minimum atomic E-state index is -0.957. The van der Waals surface area contributed by atoms with Gasteiger partial charge in [0.2, 0.25) is 0 Å². The first-order valence-electron chi connectivity index (χ1n) is 3.58. The molecule has 0 atom stereocenters. The first-order valence-corrected chi connectivity index (χ1v) is 3.58. The SMILES string of the molecule is CN=C(NN)c1cccc(F)c1F. The van der Waals surface area contributed by atoms with Gasteiger partial charge in [0.15, 0.2) is 11.6 Å². The van der Waals surface area contributed by atoms with Crippen molar-refractivity contribution in [1.29, 1.82) is 0 Å². The van der Waals surface area contributed by atoms with E-state index in [9.17, 15) is 8.78 Å². The predicted octanol–water partition coefficient (Wildman–Crippen LogP) is 0.805. The molecule has 0 fully saturated rings. The molecule has 1 aromatic carbocycles. The lowest BCUT2D eigenvalue weighted by molar-refractivity contribution is 0.506. The van der Waals surface area contributed by atoms with Crippen LogP contribution in [0.15, 0.2) is 23.2 Å². The molecular formula is C8H9F2N3. The van der Waals surface area contributed by atoms with Crippen LogP contribution in [0.25, 0.3) is 0 Å². The number of aliphatic imine (C=N–C) groups is 1.